The van der Waals surface area contributed by atoms with Gasteiger partial charge in [-0.25, -0.2) is 0 Å². The van der Waals surface area contributed by atoms with E-state index in [1.165, 1.54) is 11.3 Å². The molecule has 0 radical (unpaired) electrons. The number of rotatable bonds is 5. The van der Waals surface area contributed by atoms with Crippen LogP contribution in [0.15, 0.2) is 65.6 Å². The Morgan fingerprint density at radius 1 is 1.16 bits per heavy atom. The van der Waals surface area contributed by atoms with Crippen LogP contribution < -0.4 is 5.32 Å². The molecule has 0 bridgehead atoms. The molecule has 3 aromatic rings. The van der Waals surface area contributed by atoms with Crippen molar-refractivity contribution in [1.82, 2.24) is 9.88 Å². The third-order valence-electron chi connectivity index (χ3n) is 3.68. The largest absolute Gasteiger partial charge is 0.337 e. The van der Waals surface area contributed by atoms with Gasteiger partial charge in [0.15, 0.2) is 0 Å². The second-order valence-corrected chi connectivity index (χ2v) is 6.31. The standard InChI is InChI=1S/C19H17N3O2S/c1-22(12-14-5-4-9-20-11-14)19(24)16-6-2-3-7-17(16)21-18(23)15-8-10-25-13-15/h2-11,13H,12H2,1H3,(H,21,23). The first kappa shape index (κ1) is 16.9. The van der Waals surface area contributed by atoms with E-state index in [0.717, 1.165) is 5.56 Å². The molecule has 0 spiro atoms. The molecule has 0 saturated carbocycles. The monoisotopic (exact) mass is 351 g/mol. The summed E-state index contributed by atoms with van der Waals surface area (Å²) in [4.78, 5) is 30.7. The quantitative estimate of drug-likeness (QED) is 0.763. The molecule has 2 heterocycles. The summed E-state index contributed by atoms with van der Waals surface area (Å²) in [6.45, 7) is 0.444. The molecule has 0 atom stereocenters. The van der Waals surface area contributed by atoms with E-state index in [9.17, 15) is 9.59 Å². The van der Waals surface area contributed by atoms with E-state index >= 15 is 0 Å². The molecule has 5 nitrogen and oxygen atoms in total. The molecular formula is C19H17N3O2S. The van der Waals surface area contributed by atoms with Gasteiger partial charge in [0.25, 0.3) is 11.8 Å². The lowest BCUT2D eigenvalue weighted by molar-refractivity contribution is 0.0786. The molecule has 3 rings (SSSR count). The number of hydrogen-bond donors (Lipinski definition) is 1. The van der Waals surface area contributed by atoms with E-state index < -0.39 is 0 Å². The van der Waals surface area contributed by atoms with Crippen molar-refractivity contribution in [3.63, 3.8) is 0 Å². The molecule has 0 unspecified atom stereocenters. The molecule has 0 saturated heterocycles. The third kappa shape index (κ3) is 4.10. The Bertz CT molecular complexity index is 863. The highest BCUT2D eigenvalue weighted by Gasteiger charge is 2.17. The lowest BCUT2D eigenvalue weighted by Gasteiger charge is -2.19. The number of aromatic nitrogens is 1. The number of nitrogens with one attached hydrogen (secondary N) is 1. The van der Waals surface area contributed by atoms with Gasteiger partial charge in [0.2, 0.25) is 0 Å². The summed E-state index contributed by atoms with van der Waals surface area (Å²) in [7, 11) is 1.73. The number of para-hydroxylation sites is 1. The van der Waals surface area contributed by atoms with Crippen molar-refractivity contribution in [3.05, 3.63) is 82.3 Å². The maximum absolute atomic E-state index is 12.8. The van der Waals surface area contributed by atoms with Crippen LogP contribution in [0.25, 0.3) is 0 Å². The van der Waals surface area contributed by atoms with Gasteiger partial charge >= 0.3 is 0 Å². The number of carbonyl (C=O) groups is 2. The summed E-state index contributed by atoms with van der Waals surface area (Å²) in [5.41, 5.74) is 2.48. The maximum Gasteiger partial charge on any atom is 0.256 e. The Morgan fingerprint density at radius 3 is 2.72 bits per heavy atom. The number of hydrogen-bond acceptors (Lipinski definition) is 4. The zero-order chi connectivity index (χ0) is 17.6. The van der Waals surface area contributed by atoms with Gasteiger partial charge in [-0.15, -0.1) is 0 Å². The smallest absolute Gasteiger partial charge is 0.256 e. The minimum atomic E-state index is -0.226. The summed E-state index contributed by atoms with van der Waals surface area (Å²) in [5.74, 6) is -0.388. The minimum Gasteiger partial charge on any atom is -0.337 e. The number of pyridine rings is 1. The van der Waals surface area contributed by atoms with Gasteiger partial charge in [0.05, 0.1) is 16.8 Å². The lowest BCUT2D eigenvalue weighted by Crippen LogP contribution is -2.27. The SMILES string of the molecule is CN(Cc1cccnc1)C(=O)c1ccccc1NC(=O)c1ccsc1. The Kier molecular flexibility index (Phi) is 5.20. The molecule has 0 aliphatic carbocycles. The highest BCUT2D eigenvalue weighted by atomic mass is 32.1. The first-order chi connectivity index (χ1) is 12.1. The van der Waals surface area contributed by atoms with Gasteiger partial charge in [-0.2, -0.15) is 11.3 Å². The number of nitrogens with zero attached hydrogens (tertiary/aromatic N) is 2. The molecule has 1 aromatic carbocycles. The minimum absolute atomic E-state index is 0.162. The fourth-order valence-corrected chi connectivity index (χ4v) is 3.05. The van der Waals surface area contributed by atoms with E-state index in [0.29, 0.717) is 23.4 Å². The topological polar surface area (TPSA) is 62.3 Å². The third-order valence-corrected chi connectivity index (χ3v) is 4.36. The fourth-order valence-electron chi connectivity index (χ4n) is 2.41. The summed E-state index contributed by atoms with van der Waals surface area (Å²) in [5, 5.41) is 6.43. The van der Waals surface area contributed by atoms with Crippen molar-refractivity contribution in [2.75, 3.05) is 12.4 Å². The van der Waals surface area contributed by atoms with Crippen molar-refractivity contribution in [2.45, 2.75) is 6.54 Å². The van der Waals surface area contributed by atoms with E-state index in [1.807, 2.05) is 17.5 Å². The molecule has 6 heteroatoms. The van der Waals surface area contributed by atoms with Crippen LogP contribution in [0.5, 0.6) is 0 Å². The molecule has 25 heavy (non-hydrogen) atoms. The lowest BCUT2D eigenvalue weighted by atomic mass is 10.1. The van der Waals surface area contributed by atoms with Crippen LogP contribution in [0.1, 0.15) is 26.3 Å². The Morgan fingerprint density at radius 2 is 2.00 bits per heavy atom. The Hall–Kier alpha value is -2.99. The zero-order valence-corrected chi connectivity index (χ0v) is 14.5. The van der Waals surface area contributed by atoms with Gasteiger partial charge in [-0.05, 0) is 35.2 Å². The van der Waals surface area contributed by atoms with Crippen molar-refractivity contribution in [3.8, 4) is 0 Å². The fraction of sp³-hybridized carbons (Fsp3) is 0.105. The van der Waals surface area contributed by atoms with Gasteiger partial charge < -0.3 is 10.2 Å². The van der Waals surface area contributed by atoms with Crippen LogP contribution in [-0.4, -0.2) is 28.7 Å². The van der Waals surface area contributed by atoms with Gasteiger partial charge in [0.1, 0.15) is 0 Å². The van der Waals surface area contributed by atoms with E-state index in [-0.39, 0.29) is 11.8 Å². The van der Waals surface area contributed by atoms with Crippen LogP contribution >= 0.6 is 11.3 Å². The van der Waals surface area contributed by atoms with Crippen LogP contribution in [0.3, 0.4) is 0 Å². The maximum atomic E-state index is 12.8. The molecule has 0 aliphatic rings. The van der Waals surface area contributed by atoms with E-state index in [1.54, 1.807) is 60.1 Å². The number of amides is 2. The normalized spacial score (nSPS) is 10.3. The summed E-state index contributed by atoms with van der Waals surface area (Å²) in [6.07, 6.45) is 3.43. The number of carbonyl (C=O) groups excluding carboxylic acids is 2. The molecule has 1 N–H and O–H groups in total. The van der Waals surface area contributed by atoms with Crippen molar-refractivity contribution in [2.24, 2.45) is 0 Å². The van der Waals surface area contributed by atoms with E-state index in [4.69, 9.17) is 0 Å². The van der Waals surface area contributed by atoms with Crippen LogP contribution in [0.2, 0.25) is 0 Å². The van der Waals surface area contributed by atoms with Crippen LogP contribution in [0, 0.1) is 0 Å². The number of benzene rings is 1. The molecule has 0 fully saturated rings. The Labute approximate surface area is 149 Å². The molecule has 2 aromatic heterocycles. The highest BCUT2D eigenvalue weighted by molar-refractivity contribution is 7.08. The van der Waals surface area contributed by atoms with Crippen LogP contribution in [0.4, 0.5) is 5.69 Å². The zero-order valence-electron chi connectivity index (χ0n) is 13.7. The molecule has 0 aliphatic heterocycles. The molecule has 2 amide bonds. The average Bonchev–Trinajstić information content (AvgIpc) is 3.17. The first-order valence-electron chi connectivity index (χ1n) is 7.72. The highest BCUT2D eigenvalue weighted by Crippen LogP contribution is 2.19. The predicted molar refractivity (Wildman–Crippen MR) is 98.7 cm³/mol. The average molecular weight is 351 g/mol. The van der Waals surface area contributed by atoms with Crippen molar-refractivity contribution in [1.29, 1.82) is 0 Å². The number of anilines is 1. The van der Waals surface area contributed by atoms with Crippen molar-refractivity contribution < 1.29 is 9.59 Å². The summed E-state index contributed by atoms with van der Waals surface area (Å²) < 4.78 is 0. The van der Waals surface area contributed by atoms with Crippen molar-refractivity contribution >= 4 is 28.8 Å². The first-order valence-corrected chi connectivity index (χ1v) is 8.66. The summed E-state index contributed by atoms with van der Waals surface area (Å²) in [6, 6.07) is 12.5. The van der Waals surface area contributed by atoms with E-state index in [2.05, 4.69) is 10.3 Å². The van der Waals surface area contributed by atoms with Gasteiger partial charge in [0, 0.05) is 31.4 Å². The predicted octanol–water partition coefficient (Wildman–Crippen LogP) is 3.67. The van der Waals surface area contributed by atoms with Crippen LogP contribution in [-0.2, 0) is 6.54 Å². The molecular weight excluding hydrogens is 334 g/mol. The second kappa shape index (κ2) is 7.72. The second-order valence-electron chi connectivity index (χ2n) is 5.53. The molecule has 126 valence electrons. The summed E-state index contributed by atoms with van der Waals surface area (Å²) >= 11 is 1.45. The van der Waals surface area contributed by atoms with Gasteiger partial charge in [-0.1, -0.05) is 18.2 Å². The Balaban J connectivity index is 1.77. The van der Waals surface area contributed by atoms with Gasteiger partial charge in [-0.3, -0.25) is 14.6 Å². The number of thiophene rings is 1.